The Kier molecular flexibility index (Phi) is 4.57. The van der Waals surface area contributed by atoms with E-state index in [1.54, 1.807) is 11.1 Å². The molecule has 6 rings (SSSR count). The lowest BCUT2D eigenvalue weighted by molar-refractivity contribution is -0.675. The first-order chi connectivity index (χ1) is 14.6. The summed E-state index contributed by atoms with van der Waals surface area (Å²) in [5, 5.41) is 0.581. The normalized spacial score (nSPS) is 20.3. The smallest absolute Gasteiger partial charge is 0.275 e. The van der Waals surface area contributed by atoms with E-state index in [1.165, 1.54) is 0 Å². The number of aromatic nitrogens is 2. The Morgan fingerprint density at radius 1 is 1.10 bits per heavy atom. The number of benzene rings is 2. The van der Waals surface area contributed by atoms with Crippen LogP contribution in [0.2, 0.25) is 5.15 Å². The van der Waals surface area contributed by atoms with Crippen molar-refractivity contribution in [3.63, 3.8) is 0 Å². The van der Waals surface area contributed by atoms with E-state index >= 15 is 0 Å². The van der Waals surface area contributed by atoms with Gasteiger partial charge in [0.15, 0.2) is 11.5 Å². The molecule has 31 heavy (non-hydrogen) atoms. The van der Waals surface area contributed by atoms with E-state index in [2.05, 4.69) is 4.98 Å². The molecule has 0 bridgehead atoms. The summed E-state index contributed by atoms with van der Waals surface area (Å²) in [6, 6.07) is 11.6. The lowest BCUT2D eigenvalue weighted by atomic mass is 9.77. The van der Waals surface area contributed by atoms with Crippen LogP contribution < -0.4 is 23.7 Å². The molecular weight excluding hydrogens is 441 g/mol. The summed E-state index contributed by atoms with van der Waals surface area (Å²) in [7, 11) is 1.87. The number of fused-ring (bicyclic) bond motifs is 5. The van der Waals surface area contributed by atoms with E-state index < -0.39 is 5.41 Å². The summed E-state index contributed by atoms with van der Waals surface area (Å²) in [4.78, 5) is 18.9. The zero-order chi connectivity index (χ0) is 20.5. The van der Waals surface area contributed by atoms with Crippen LogP contribution in [0.1, 0.15) is 17.0 Å². The summed E-state index contributed by atoms with van der Waals surface area (Å²) in [6.45, 7) is 1.61. The number of para-hydroxylation sites is 1. The first-order valence-corrected chi connectivity index (χ1v) is 10.2. The molecule has 1 atom stereocenters. The largest absolute Gasteiger partial charge is 0.491 e. The van der Waals surface area contributed by atoms with Gasteiger partial charge in [-0.05, 0) is 29.3 Å². The molecule has 0 saturated heterocycles. The third kappa shape index (κ3) is 2.66. The Balaban J connectivity index is 0.00000204. The van der Waals surface area contributed by atoms with Gasteiger partial charge in [-0.25, -0.2) is 9.55 Å². The average Bonchev–Trinajstić information content (AvgIpc) is 3.38. The topological polar surface area (TPSA) is 67.7 Å². The van der Waals surface area contributed by atoms with Crippen molar-refractivity contribution in [2.45, 2.75) is 12.0 Å². The van der Waals surface area contributed by atoms with E-state index in [9.17, 15) is 4.79 Å². The molecule has 0 fully saturated rings. The number of anilines is 1. The maximum atomic E-state index is 14.0. The molecule has 7 nitrogen and oxygen atoms in total. The van der Waals surface area contributed by atoms with Gasteiger partial charge in [-0.2, -0.15) is 0 Å². The first kappa shape index (κ1) is 20.0. The molecule has 3 aliphatic rings. The summed E-state index contributed by atoms with van der Waals surface area (Å²) >= 11 is 6.19. The van der Waals surface area contributed by atoms with Gasteiger partial charge < -0.3 is 14.2 Å². The second-order valence-corrected chi connectivity index (χ2v) is 8.10. The van der Waals surface area contributed by atoms with Crippen LogP contribution in [0.4, 0.5) is 5.69 Å². The third-order valence-corrected chi connectivity index (χ3v) is 6.57. The number of aromatic amines is 1. The lowest BCUT2D eigenvalue weighted by Crippen LogP contribution is -2.44. The fourth-order valence-electron chi connectivity index (χ4n) is 4.64. The Morgan fingerprint density at radius 3 is 2.58 bits per heavy atom. The van der Waals surface area contributed by atoms with Gasteiger partial charge in [0.2, 0.25) is 11.1 Å². The minimum absolute atomic E-state index is 0. The molecule has 160 valence electrons. The molecule has 1 amide bonds. The zero-order valence-corrected chi connectivity index (χ0v) is 18.3. The Hall–Kier alpha value is -2.90. The van der Waals surface area contributed by atoms with Crippen molar-refractivity contribution in [3.05, 3.63) is 64.7 Å². The number of amides is 1. The van der Waals surface area contributed by atoms with Crippen molar-refractivity contribution in [2.75, 3.05) is 24.7 Å². The molecule has 1 unspecified atom stereocenters. The number of nitrogens with zero attached hydrogens (tertiary/aromatic N) is 2. The number of H-pyrrole nitrogens is 1. The number of rotatable bonds is 2. The SMILES string of the molecule is C[n+]1c(Cl)c[nH]c1CN1C(=O)C2(COc3cc4c(cc32)OCCO4)c2ccccc21.Cl. The number of hydrogen-bond acceptors (Lipinski definition) is 4. The highest BCUT2D eigenvalue weighted by Crippen LogP contribution is 2.54. The average molecular weight is 461 g/mol. The molecule has 1 aromatic heterocycles. The van der Waals surface area contributed by atoms with Crippen LogP contribution in [-0.2, 0) is 23.8 Å². The maximum absolute atomic E-state index is 14.0. The van der Waals surface area contributed by atoms with E-state index in [0.717, 1.165) is 22.6 Å². The molecule has 9 heteroatoms. The van der Waals surface area contributed by atoms with Gasteiger partial charge in [-0.15, -0.1) is 12.4 Å². The van der Waals surface area contributed by atoms with Crippen LogP contribution in [0.3, 0.4) is 0 Å². The highest BCUT2D eigenvalue weighted by Gasteiger charge is 2.57. The van der Waals surface area contributed by atoms with Crippen LogP contribution in [0.25, 0.3) is 0 Å². The van der Waals surface area contributed by atoms with Crippen molar-refractivity contribution in [1.29, 1.82) is 0 Å². The number of nitrogens with one attached hydrogen (secondary N) is 1. The third-order valence-electron chi connectivity index (χ3n) is 6.20. The van der Waals surface area contributed by atoms with Gasteiger partial charge in [0.1, 0.15) is 43.7 Å². The Morgan fingerprint density at radius 2 is 1.84 bits per heavy atom. The molecule has 3 aromatic rings. The van der Waals surface area contributed by atoms with Crippen molar-refractivity contribution < 1.29 is 23.6 Å². The molecular formula is C22H20Cl2N3O4+. The van der Waals surface area contributed by atoms with Gasteiger partial charge >= 0.3 is 0 Å². The van der Waals surface area contributed by atoms with Gasteiger partial charge in [-0.3, -0.25) is 9.69 Å². The fourth-order valence-corrected chi connectivity index (χ4v) is 4.79. The number of carbonyl (C=O) groups is 1. The molecule has 1 N–H and O–H groups in total. The summed E-state index contributed by atoms with van der Waals surface area (Å²) in [5.41, 5.74) is 1.72. The standard InChI is InChI=1S/C22H18ClN3O4.ClH/c1-25-19(23)10-24-20(25)11-26-15-5-3-2-4-13(15)22(21(26)27)12-30-16-9-18-17(8-14(16)22)28-6-7-29-18;/h2-5,8-10H,6-7,11-12H2,1H3;1H/p+1. The van der Waals surface area contributed by atoms with E-state index in [0.29, 0.717) is 42.2 Å². The number of imidazole rings is 1. The van der Waals surface area contributed by atoms with Gasteiger partial charge in [0.05, 0.1) is 7.05 Å². The molecule has 0 aliphatic carbocycles. The quantitative estimate of drug-likeness (QED) is 0.597. The van der Waals surface area contributed by atoms with E-state index in [-0.39, 0.29) is 24.9 Å². The molecule has 3 aliphatic heterocycles. The highest BCUT2D eigenvalue weighted by molar-refractivity contribution is 6.28. The monoisotopic (exact) mass is 460 g/mol. The minimum Gasteiger partial charge on any atom is -0.491 e. The molecule has 4 heterocycles. The van der Waals surface area contributed by atoms with Crippen LogP contribution in [-0.4, -0.2) is 30.7 Å². The van der Waals surface area contributed by atoms with Crippen molar-refractivity contribution >= 4 is 35.6 Å². The second kappa shape index (κ2) is 7.07. The van der Waals surface area contributed by atoms with Crippen molar-refractivity contribution in [2.24, 2.45) is 7.05 Å². The minimum atomic E-state index is -0.906. The van der Waals surface area contributed by atoms with Gasteiger partial charge in [-0.1, -0.05) is 18.2 Å². The lowest BCUT2D eigenvalue weighted by Gasteiger charge is -2.24. The molecule has 2 aromatic carbocycles. The fraction of sp³-hybridized carbons (Fsp3) is 0.273. The van der Waals surface area contributed by atoms with Crippen LogP contribution in [0.5, 0.6) is 17.2 Å². The molecule has 0 radical (unpaired) electrons. The van der Waals surface area contributed by atoms with Crippen molar-refractivity contribution in [1.82, 2.24) is 4.98 Å². The first-order valence-electron chi connectivity index (χ1n) is 9.80. The number of halogens is 2. The predicted octanol–water partition coefficient (Wildman–Crippen LogP) is 2.91. The van der Waals surface area contributed by atoms with Gasteiger partial charge in [0.25, 0.3) is 5.82 Å². The van der Waals surface area contributed by atoms with Crippen LogP contribution in [0, 0.1) is 0 Å². The number of hydrogen-bond donors (Lipinski definition) is 1. The predicted molar refractivity (Wildman–Crippen MR) is 116 cm³/mol. The summed E-state index contributed by atoms with van der Waals surface area (Å²) < 4.78 is 19.4. The van der Waals surface area contributed by atoms with Gasteiger partial charge in [0, 0.05) is 17.3 Å². The van der Waals surface area contributed by atoms with Crippen LogP contribution in [0.15, 0.2) is 42.6 Å². The Bertz CT molecular complexity index is 1210. The maximum Gasteiger partial charge on any atom is 0.275 e. The number of ether oxygens (including phenoxy) is 3. The van der Waals surface area contributed by atoms with E-state index in [1.807, 2.05) is 48.0 Å². The van der Waals surface area contributed by atoms with E-state index in [4.69, 9.17) is 25.8 Å². The molecule has 0 saturated carbocycles. The van der Waals surface area contributed by atoms with Crippen LogP contribution >= 0.6 is 24.0 Å². The Labute approximate surface area is 189 Å². The summed E-state index contributed by atoms with van der Waals surface area (Å²) in [5.74, 6) is 2.78. The van der Waals surface area contributed by atoms with Crippen molar-refractivity contribution in [3.8, 4) is 17.2 Å². The highest BCUT2D eigenvalue weighted by atomic mass is 35.5. The zero-order valence-electron chi connectivity index (χ0n) is 16.7. The summed E-state index contributed by atoms with van der Waals surface area (Å²) in [6.07, 6.45) is 1.72. The molecule has 1 spiro atoms. The number of carbonyl (C=O) groups excluding carboxylic acids is 1. The second-order valence-electron chi connectivity index (χ2n) is 7.71.